The van der Waals surface area contributed by atoms with Gasteiger partial charge in [-0.05, 0) is 25.1 Å². The molecule has 2 fully saturated rings. The summed E-state index contributed by atoms with van der Waals surface area (Å²) in [5, 5.41) is 4.09. The predicted octanol–water partition coefficient (Wildman–Crippen LogP) is 1.53. The Morgan fingerprint density at radius 1 is 1.38 bits per heavy atom. The van der Waals surface area contributed by atoms with Crippen LogP contribution in [0.1, 0.15) is 25.7 Å². The Hall–Kier alpha value is -1.02. The molecule has 0 aliphatic carbocycles. The zero-order chi connectivity index (χ0) is 15.4. The Kier molecular flexibility index (Phi) is 5.69. The number of ether oxygens (including phenoxy) is 2. The van der Waals surface area contributed by atoms with Crippen LogP contribution >= 0.6 is 24.0 Å². The van der Waals surface area contributed by atoms with Crippen molar-refractivity contribution in [1.29, 1.82) is 0 Å². The van der Waals surface area contributed by atoms with Crippen LogP contribution in [0.2, 0.25) is 0 Å². The topological polar surface area (TPSA) is 67.9 Å². The smallest absolute Gasteiger partial charge is 0.416 e. The molecule has 2 aliphatic heterocycles. The van der Waals surface area contributed by atoms with E-state index in [1.165, 1.54) is 14.2 Å². The second-order valence-corrected chi connectivity index (χ2v) is 6.74. The zero-order valence-corrected chi connectivity index (χ0v) is 13.8. The highest BCUT2D eigenvalue weighted by Gasteiger charge is 2.48. The number of thiocarbonyl (C=S) groups is 1. The van der Waals surface area contributed by atoms with E-state index >= 15 is 0 Å². The van der Waals surface area contributed by atoms with Crippen molar-refractivity contribution in [3.05, 3.63) is 0 Å². The molecule has 3 unspecified atom stereocenters. The molecule has 3 atom stereocenters. The van der Waals surface area contributed by atoms with Gasteiger partial charge in [-0.25, -0.2) is 9.69 Å². The Bertz CT molecular complexity index is 432. The van der Waals surface area contributed by atoms with Crippen LogP contribution in [0.15, 0.2) is 0 Å². The van der Waals surface area contributed by atoms with Gasteiger partial charge in [0.1, 0.15) is 0 Å². The normalized spacial score (nSPS) is 27.2. The van der Waals surface area contributed by atoms with Crippen LogP contribution in [0.3, 0.4) is 0 Å². The van der Waals surface area contributed by atoms with Gasteiger partial charge in [0, 0.05) is 17.4 Å². The fourth-order valence-electron chi connectivity index (χ4n) is 2.76. The molecule has 21 heavy (non-hydrogen) atoms. The maximum Gasteiger partial charge on any atom is 0.416 e. The van der Waals surface area contributed by atoms with E-state index in [0.717, 1.165) is 25.0 Å². The average molecular weight is 332 g/mol. The third kappa shape index (κ3) is 3.60. The van der Waals surface area contributed by atoms with Gasteiger partial charge in [-0.3, -0.25) is 4.79 Å². The molecule has 0 saturated carbocycles. The SMILES string of the molecule is COC(=O)CCCCC1SCC2C1NC(=S)N2C(=O)OC. The van der Waals surface area contributed by atoms with E-state index in [1.54, 1.807) is 4.90 Å². The number of amides is 1. The van der Waals surface area contributed by atoms with Crippen molar-refractivity contribution in [1.82, 2.24) is 10.2 Å². The second-order valence-electron chi connectivity index (χ2n) is 5.08. The molecule has 0 aromatic heterocycles. The minimum atomic E-state index is -0.396. The summed E-state index contributed by atoms with van der Waals surface area (Å²) in [7, 11) is 2.77. The summed E-state index contributed by atoms with van der Waals surface area (Å²) in [6.07, 6.45) is 2.84. The Balaban J connectivity index is 1.82. The molecular weight excluding hydrogens is 312 g/mol. The van der Waals surface area contributed by atoms with Crippen molar-refractivity contribution in [3.63, 3.8) is 0 Å². The van der Waals surface area contributed by atoms with Gasteiger partial charge >= 0.3 is 12.1 Å². The van der Waals surface area contributed by atoms with Crippen LogP contribution in [0, 0.1) is 0 Å². The van der Waals surface area contributed by atoms with Gasteiger partial charge in [0.05, 0.1) is 26.3 Å². The molecule has 2 aliphatic rings. The van der Waals surface area contributed by atoms with Crippen molar-refractivity contribution < 1.29 is 19.1 Å². The summed E-state index contributed by atoms with van der Waals surface area (Å²) in [6.45, 7) is 0. The number of hydrogen-bond donors (Lipinski definition) is 1. The van der Waals surface area contributed by atoms with Gasteiger partial charge in [-0.1, -0.05) is 6.42 Å². The minimum Gasteiger partial charge on any atom is -0.469 e. The summed E-state index contributed by atoms with van der Waals surface area (Å²) >= 11 is 7.06. The first-order valence-electron chi connectivity index (χ1n) is 6.94. The number of esters is 1. The maximum atomic E-state index is 11.8. The molecule has 2 heterocycles. The molecule has 8 heteroatoms. The van der Waals surface area contributed by atoms with Crippen LogP contribution in [0.25, 0.3) is 0 Å². The molecule has 118 valence electrons. The molecule has 0 aromatic rings. The number of hydrogen-bond acceptors (Lipinski definition) is 6. The number of fused-ring (bicyclic) bond motifs is 1. The molecule has 0 aromatic carbocycles. The van der Waals surface area contributed by atoms with E-state index < -0.39 is 6.09 Å². The predicted molar refractivity (Wildman–Crippen MR) is 84.3 cm³/mol. The number of nitrogens with one attached hydrogen (secondary N) is 1. The first kappa shape index (κ1) is 16.4. The molecule has 0 spiro atoms. The summed E-state index contributed by atoms with van der Waals surface area (Å²) in [6, 6.07) is 0.250. The van der Waals surface area contributed by atoms with E-state index in [0.29, 0.717) is 16.8 Å². The van der Waals surface area contributed by atoms with Crippen molar-refractivity contribution in [2.45, 2.75) is 43.0 Å². The maximum absolute atomic E-state index is 11.8. The number of thioether (sulfide) groups is 1. The molecule has 2 saturated heterocycles. The molecular formula is C13H20N2O4S2. The van der Waals surface area contributed by atoms with E-state index in [9.17, 15) is 9.59 Å². The van der Waals surface area contributed by atoms with Crippen LogP contribution in [-0.4, -0.2) is 59.4 Å². The highest BCUT2D eigenvalue weighted by Crippen LogP contribution is 2.37. The number of methoxy groups -OCH3 is 2. The van der Waals surface area contributed by atoms with Crippen molar-refractivity contribution >= 4 is 41.2 Å². The first-order chi connectivity index (χ1) is 10.1. The average Bonchev–Trinajstić information content (AvgIpc) is 3.00. The molecule has 2 rings (SSSR count). The summed E-state index contributed by atoms with van der Waals surface area (Å²) < 4.78 is 9.41. The number of unbranched alkanes of at least 4 members (excludes halogenated alkanes) is 1. The molecule has 6 nitrogen and oxygen atoms in total. The number of rotatable bonds is 5. The lowest BCUT2D eigenvalue weighted by molar-refractivity contribution is -0.140. The van der Waals surface area contributed by atoms with Crippen LogP contribution in [0.4, 0.5) is 4.79 Å². The van der Waals surface area contributed by atoms with Gasteiger partial charge in [-0.15, -0.1) is 0 Å². The van der Waals surface area contributed by atoms with Gasteiger partial charge in [0.25, 0.3) is 0 Å². The fourth-order valence-corrected chi connectivity index (χ4v) is 4.70. The monoisotopic (exact) mass is 332 g/mol. The van der Waals surface area contributed by atoms with Gasteiger partial charge in [-0.2, -0.15) is 11.8 Å². The first-order valence-corrected chi connectivity index (χ1v) is 8.40. The minimum absolute atomic E-state index is 0.0700. The van der Waals surface area contributed by atoms with Crippen molar-refractivity contribution in [2.75, 3.05) is 20.0 Å². The number of carbonyl (C=O) groups excluding carboxylic acids is 2. The lowest BCUT2D eigenvalue weighted by Gasteiger charge is -2.19. The Morgan fingerprint density at radius 3 is 2.81 bits per heavy atom. The largest absolute Gasteiger partial charge is 0.469 e. The van der Waals surface area contributed by atoms with Crippen LogP contribution < -0.4 is 5.32 Å². The quantitative estimate of drug-likeness (QED) is 0.465. The highest BCUT2D eigenvalue weighted by atomic mass is 32.2. The number of carbonyl (C=O) groups is 2. The van der Waals surface area contributed by atoms with Gasteiger partial charge in [0.2, 0.25) is 0 Å². The van der Waals surface area contributed by atoms with Crippen molar-refractivity contribution in [2.24, 2.45) is 0 Å². The third-order valence-electron chi connectivity index (χ3n) is 3.86. The van der Waals surface area contributed by atoms with Gasteiger partial charge in [0.15, 0.2) is 5.11 Å². The number of nitrogens with zero attached hydrogens (tertiary/aromatic N) is 1. The summed E-state index contributed by atoms with van der Waals surface area (Å²) in [5.74, 6) is 0.693. The summed E-state index contributed by atoms with van der Waals surface area (Å²) in [5.41, 5.74) is 0. The standard InChI is InChI=1S/C13H20N2O4S2/c1-18-10(16)6-4-3-5-9-11-8(7-21-9)15(12(20)14-11)13(17)19-2/h8-9,11H,3-7H2,1-2H3,(H,14,20). The molecule has 0 bridgehead atoms. The zero-order valence-electron chi connectivity index (χ0n) is 12.2. The van der Waals surface area contributed by atoms with Gasteiger partial charge < -0.3 is 14.8 Å². The van der Waals surface area contributed by atoms with E-state index in [2.05, 4.69) is 10.1 Å². The van der Waals surface area contributed by atoms with Crippen molar-refractivity contribution in [3.8, 4) is 0 Å². The van der Waals surface area contributed by atoms with Crippen LogP contribution in [-0.2, 0) is 14.3 Å². The molecule has 1 amide bonds. The lowest BCUT2D eigenvalue weighted by Crippen LogP contribution is -2.41. The van der Waals surface area contributed by atoms with E-state index in [1.807, 2.05) is 11.8 Å². The lowest BCUT2D eigenvalue weighted by atomic mass is 10.0. The van der Waals surface area contributed by atoms with E-state index in [4.69, 9.17) is 17.0 Å². The van der Waals surface area contributed by atoms with Crippen LogP contribution in [0.5, 0.6) is 0 Å². The fraction of sp³-hybridized carbons (Fsp3) is 0.769. The molecule has 0 radical (unpaired) electrons. The Labute approximate surface area is 133 Å². The highest BCUT2D eigenvalue weighted by molar-refractivity contribution is 8.00. The summed E-state index contributed by atoms with van der Waals surface area (Å²) in [4.78, 5) is 24.4. The van der Waals surface area contributed by atoms with E-state index in [-0.39, 0.29) is 18.1 Å². The second kappa shape index (κ2) is 7.31. The third-order valence-corrected chi connectivity index (χ3v) is 5.66. The molecule has 1 N–H and O–H groups in total. The Morgan fingerprint density at radius 2 is 2.14 bits per heavy atom.